The highest BCUT2D eigenvalue weighted by Gasteiger charge is 2.08. The highest BCUT2D eigenvalue weighted by molar-refractivity contribution is 5.34. The lowest BCUT2D eigenvalue weighted by molar-refractivity contribution is 0.241. The molecular formula is C13H23N3. The van der Waals surface area contributed by atoms with Crippen molar-refractivity contribution in [2.75, 3.05) is 18.9 Å². The molecule has 1 N–H and O–H groups in total. The van der Waals surface area contributed by atoms with Gasteiger partial charge in [0.05, 0.1) is 5.69 Å². The van der Waals surface area contributed by atoms with E-state index in [0.717, 1.165) is 24.6 Å². The number of pyridine rings is 1. The standard InChI is InChI=1S/C13H23N3/c1-5-11(3)16(4)10-12-8-7-9-13(15-12)14-6-2/h7-9,11H,5-6,10H2,1-4H3,(H,14,15). The second-order valence-electron chi connectivity index (χ2n) is 4.22. The van der Waals surface area contributed by atoms with Gasteiger partial charge in [-0.25, -0.2) is 4.98 Å². The summed E-state index contributed by atoms with van der Waals surface area (Å²) < 4.78 is 0. The van der Waals surface area contributed by atoms with Crippen molar-refractivity contribution in [3.8, 4) is 0 Å². The molecule has 3 heteroatoms. The van der Waals surface area contributed by atoms with Crippen molar-refractivity contribution >= 4 is 5.82 Å². The number of hydrogen-bond acceptors (Lipinski definition) is 3. The van der Waals surface area contributed by atoms with Gasteiger partial charge in [0.25, 0.3) is 0 Å². The summed E-state index contributed by atoms with van der Waals surface area (Å²) in [6.07, 6.45) is 1.17. The van der Waals surface area contributed by atoms with E-state index >= 15 is 0 Å². The lowest BCUT2D eigenvalue weighted by Crippen LogP contribution is -2.28. The van der Waals surface area contributed by atoms with Gasteiger partial charge in [-0.3, -0.25) is 4.90 Å². The molecule has 0 fully saturated rings. The smallest absolute Gasteiger partial charge is 0.126 e. The number of anilines is 1. The van der Waals surface area contributed by atoms with Crippen molar-refractivity contribution in [2.45, 2.75) is 39.8 Å². The predicted molar refractivity (Wildman–Crippen MR) is 69.6 cm³/mol. The molecule has 16 heavy (non-hydrogen) atoms. The lowest BCUT2D eigenvalue weighted by atomic mass is 10.2. The van der Waals surface area contributed by atoms with Crippen LogP contribution in [-0.4, -0.2) is 29.5 Å². The maximum Gasteiger partial charge on any atom is 0.126 e. The molecule has 0 aliphatic rings. The molecule has 3 nitrogen and oxygen atoms in total. The maximum absolute atomic E-state index is 4.57. The van der Waals surface area contributed by atoms with E-state index in [9.17, 15) is 0 Å². The Bertz CT molecular complexity index is 312. The molecule has 0 spiro atoms. The van der Waals surface area contributed by atoms with Crippen LogP contribution in [0.2, 0.25) is 0 Å². The summed E-state index contributed by atoms with van der Waals surface area (Å²) in [7, 11) is 2.15. The average Bonchev–Trinajstić information content (AvgIpc) is 2.29. The van der Waals surface area contributed by atoms with Gasteiger partial charge in [-0.1, -0.05) is 13.0 Å². The molecule has 0 aliphatic carbocycles. The van der Waals surface area contributed by atoms with Crippen LogP contribution in [0.3, 0.4) is 0 Å². The summed E-state index contributed by atoms with van der Waals surface area (Å²) in [5, 5.41) is 3.23. The van der Waals surface area contributed by atoms with Gasteiger partial charge < -0.3 is 5.32 Å². The van der Waals surface area contributed by atoms with Gasteiger partial charge in [-0.15, -0.1) is 0 Å². The first kappa shape index (κ1) is 13.0. The van der Waals surface area contributed by atoms with Crippen LogP contribution < -0.4 is 5.32 Å². The molecule has 1 aromatic rings. The van der Waals surface area contributed by atoms with Gasteiger partial charge in [0.1, 0.15) is 5.82 Å². The summed E-state index contributed by atoms with van der Waals surface area (Å²) in [6.45, 7) is 8.36. The van der Waals surface area contributed by atoms with Gasteiger partial charge in [-0.2, -0.15) is 0 Å². The summed E-state index contributed by atoms with van der Waals surface area (Å²) in [5.74, 6) is 0.970. The highest BCUT2D eigenvalue weighted by atomic mass is 15.1. The molecule has 0 bridgehead atoms. The van der Waals surface area contributed by atoms with E-state index in [1.807, 2.05) is 6.07 Å². The lowest BCUT2D eigenvalue weighted by Gasteiger charge is -2.23. The molecular weight excluding hydrogens is 198 g/mol. The molecule has 0 aromatic carbocycles. The summed E-state index contributed by atoms with van der Waals surface area (Å²) in [6, 6.07) is 6.75. The van der Waals surface area contributed by atoms with Crippen LogP contribution in [0.4, 0.5) is 5.82 Å². The highest BCUT2D eigenvalue weighted by Crippen LogP contribution is 2.09. The largest absolute Gasteiger partial charge is 0.370 e. The summed E-state index contributed by atoms with van der Waals surface area (Å²) in [4.78, 5) is 6.90. The molecule has 1 rings (SSSR count). The third kappa shape index (κ3) is 3.81. The summed E-state index contributed by atoms with van der Waals surface area (Å²) in [5.41, 5.74) is 1.13. The molecule has 1 aromatic heterocycles. The Labute approximate surface area is 98.9 Å². The zero-order valence-electron chi connectivity index (χ0n) is 10.8. The molecule has 1 atom stereocenters. The molecule has 90 valence electrons. The fourth-order valence-corrected chi connectivity index (χ4v) is 1.57. The van der Waals surface area contributed by atoms with Crippen molar-refractivity contribution in [3.05, 3.63) is 23.9 Å². The van der Waals surface area contributed by atoms with E-state index in [1.165, 1.54) is 6.42 Å². The molecule has 0 saturated carbocycles. The fraction of sp³-hybridized carbons (Fsp3) is 0.615. The Kier molecular flexibility index (Phi) is 5.26. The minimum Gasteiger partial charge on any atom is -0.370 e. The molecule has 0 aliphatic heterocycles. The number of nitrogens with zero attached hydrogens (tertiary/aromatic N) is 2. The van der Waals surface area contributed by atoms with Gasteiger partial charge >= 0.3 is 0 Å². The zero-order chi connectivity index (χ0) is 12.0. The zero-order valence-corrected chi connectivity index (χ0v) is 10.8. The van der Waals surface area contributed by atoms with Gasteiger partial charge in [0.15, 0.2) is 0 Å². The SMILES string of the molecule is CCNc1cccc(CN(C)C(C)CC)n1. The Hall–Kier alpha value is -1.09. The van der Waals surface area contributed by atoms with Crippen molar-refractivity contribution in [1.82, 2.24) is 9.88 Å². The second-order valence-corrected chi connectivity index (χ2v) is 4.22. The molecule has 0 radical (unpaired) electrons. The van der Waals surface area contributed by atoms with E-state index in [0.29, 0.717) is 6.04 Å². The average molecular weight is 221 g/mol. The first-order chi connectivity index (χ1) is 7.67. The molecule has 0 saturated heterocycles. The Morgan fingerprint density at radius 1 is 1.38 bits per heavy atom. The normalized spacial score (nSPS) is 12.8. The van der Waals surface area contributed by atoms with Crippen molar-refractivity contribution in [2.24, 2.45) is 0 Å². The Morgan fingerprint density at radius 2 is 2.12 bits per heavy atom. The number of nitrogens with one attached hydrogen (secondary N) is 1. The number of hydrogen-bond donors (Lipinski definition) is 1. The van der Waals surface area contributed by atoms with Crippen LogP contribution in [0, 0.1) is 0 Å². The van der Waals surface area contributed by atoms with Crippen molar-refractivity contribution in [3.63, 3.8) is 0 Å². The van der Waals surface area contributed by atoms with Crippen LogP contribution in [0.1, 0.15) is 32.9 Å². The van der Waals surface area contributed by atoms with E-state index < -0.39 is 0 Å². The second kappa shape index (κ2) is 6.48. The molecule has 1 unspecified atom stereocenters. The van der Waals surface area contributed by atoms with Gasteiger partial charge in [0, 0.05) is 19.1 Å². The number of aromatic nitrogens is 1. The number of rotatable bonds is 6. The van der Waals surface area contributed by atoms with E-state index in [1.54, 1.807) is 0 Å². The minimum absolute atomic E-state index is 0.601. The third-order valence-electron chi connectivity index (χ3n) is 2.92. The maximum atomic E-state index is 4.57. The van der Waals surface area contributed by atoms with Crippen LogP contribution >= 0.6 is 0 Å². The van der Waals surface area contributed by atoms with Crippen molar-refractivity contribution < 1.29 is 0 Å². The van der Waals surface area contributed by atoms with Crippen LogP contribution in [0.15, 0.2) is 18.2 Å². The Morgan fingerprint density at radius 3 is 2.75 bits per heavy atom. The quantitative estimate of drug-likeness (QED) is 0.800. The van der Waals surface area contributed by atoms with Crippen molar-refractivity contribution in [1.29, 1.82) is 0 Å². The minimum atomic E-state index is 0.601. The first-order valence-corrected chi connectivity index (χ1v) is 6.07. The van der Waals surface area contributed by atoms with Gasteiger partial charge in [0.2, 0.25) is 0 Å². The first-order valence-electron chi connectivity index (χ1n) is 6.07. The van der Waals surface area contributed by atoms with Crippen LogP contribution in [0.25, 0.3) is 0 Å². The topological polar surface area (TPSA) is 28.2 Å². The van der Waals surface area contributed by atoms with E-state index in [-0.39, 0.29) is 0 Å². The van der Waals surface area contributed by atoms with E-state index in [4.69, 9.17) is 0 Å². The molecule has 1 heterocycles. The monoisotopic (exact) mass is 221 g/mol. The summed E-state index contributed by atoms with van der Waals surface area (Å²) >= 11 is 0. The van der Waals surface area contributed by atoms with Crippen LogP contribution in [-0.2, 0) is 6.54 Å². The van der Waals surface area contributed by atoms with Crippen LogP contribution in [0.5, 0.6) is 0 Å². The van der Waals surface area contributed by atoms with E-state index in [2.05, 4.69) is 55.2 Å². The fourth-order valence-electron chi connectivity index (χ4n) is 1.57. The van der Waals surface area contributed by atoms with Gasteiger partial charge in [-0.05, 0) is 39.4 Å². The Balaban J connectivity index is 2.62. The molecule has 0 amide bonds. The predicted octanol–water partition coefficient (Wildman–Crippen LogP) is 2.74. The third-order valence-corrected chi connectivity index (χ3v) is 2.92.